The first kappa shape index (κ1) is 30.6. The van der Waals surface area contributed by atoms with Gasteiger partial charge in [-0.2, -0.15) is 12.7 Å². The van der Waals surface area contributed by atoms with Gasteiger partial charge < -0.3 is 14.8 Å². The van der Waals surface area contributed by atoms with E-state index in [1.807, 2.05) is 0 Å². The van der Waals surface area contributed by atoms with Gasteiger partial charge in [-0.15, -0.1) is 6.58 Å². The zero-order chi connectivity index (χ0) is 26.5. The number of nitrogens with one attached hydrogen (secondary N) is 2. The monoisotopic (exact) mass is 515 g/mol. The van der Waals surface area contributed by atoms with Crippen LogP contribution in [0, 0.1) is 5.92 Å². The summed E-state index contributed by atoms with van der Waals surface area (Å²) in [4.78, 5) is 35.7. The van der Waals surface area contributed by atoms with Gasteiger partial charge in [-0.1, -0.05) is 57.6 Å². The van der Waals surface area contributed by atoms with Crippen molar-refractivity contribution in [3.8, 4) is 0 Å². The Morgan fingerprint density at radius 1 is 1.06 bits per heavy atom. The summed E-state index contributed by atoms with van der Waals surface area (Å²) in [5.74, 6) is -1.23. The molecular formula is C24H41N3O7S. The number of allylic oxidation sites excluding steroid dienone is 1. The highest BCUT2D eigenvalue weighted by atomic mass is 32.2. The van der Waals surface area contributed by atoms with E-state index in [9.17, 15) is 22.8 Å². The van der Waals surface area contributed by atoms with Crippen LogP contribution < -0.4 is 10.0 Å². The van der Waals surface area contributed by atoms with E-state index in [0.717, 1.165) is 55.7 Å². The predicted octanol–water partition coefficient (Wildman–Crippen LogP) is 3.56. The summed E-state index contributed by atoms with van der Waals surface area (Å²) in [7, 11) is -1.24. The van der Waals surface area contributed by atoms with Crippen molar-refractivity contribution in [1.82, 2.24) is 14.3 Å². The Morgan fingerprint density at radius 3 is 2.09 bits per heavy atom. The zero-order valence-corrected chi connectivity index (χ0v) is 22.1. The molecular weight excluding hydrogens is 474 g/mol. The standard InChI is InChI=1S/C24H41N3O7S/c1-6-20-18-24(20,25-23(30)34-19(2)3)22(29)26-35(31,32)27(4)17-15-13-11-9-7-8-10-12-14-16-21(28)33-5/h6,20H,1-2,7-18H2,3-5H3,(H,25,30)(H,26,29)/t20-,24-/m1/s1. The third kappa shape index (κ3) is 10.8. The number of ether oxygens (including phenoxy) is 2. The van der Waals surface area contributed by atoms with Crippen LogP contribution in [0.25, 0.3) is 0 Å². The Kier molecular flexibility index (Phi) is 13.0. The second-order valence-corrected chi connectivity index (χ2v) is 10.8. The molecule has 10 nitrogen and oxygen atoms in total. The number of rotatable bonds is 18. The molecule has 0 heterocycles. The molecule has 35 heavy (non-hydrogen) atoms. The number of amides is 2. The van der Waals surface area contributed by atoms with Crippen LogP contribution in [0.3, 0.4) is 0 Å². The third-order valence-electron chi connectivity index (χ3n) is 6.01. The molecule has 0 aromatic rings. The molecule has 0 spiro atoms. The minimum atomic E-state index is -4.05. The minimum Gasteiger partial charge on any atom is -0.469 e. The lowest BCUT2D eigenvalue weighted by molar-refractivity contribution is -0.140. The lowest BCUT2D eigenvalue weighted by atomic mass is 10.1. The summed E-state index contributed by atoms with van der Waals surface area (Å²) in [5, 5.41) is 2.45. The fourth-order valence-electron chi connectivity index (χ4n) is 3.75. The summed E-state index contributed by atoms with van der Waals surface area (Å²) < 4.78 is 37.8. The first-order chi connectivity index (χ1) is 16.5. The van der Waals surface area contributed by atoms with Crippen LogP contribution in [-0.4, -0.2) is 56.9 Å². The highest BCUT2D eigenvalue weighted by Crippen LogP contribution is 2.44. The van der Waals surface area contributed by atoms with Crippen LogP contribution in [-0.2, 0) is 29.3 Å². The number of alkyl carbamates (subject to hydrolysis) is 1. The topological polar surface area (TPSA) is 131 Å². The maximum atomic E-state index is 12.7. The van der Waals surface area contributed by atoms with E-state index in [1.165, 1.54) is 27.2 Å². The first-order valence-electron chi connectivity index (χ1n) is 12.1. The van der Waals surface area contributed by atoms with Gasteiger partial charge in [-0.05, 0) is 26.2 Å². The van der Waals surface area contributed by atoms with E-state index in [4.69, 9.17) is 4.74 Å². The molecule has 0 unspecified atom stereocenters. The van der Waals surface area contributed by atoms with E-state index >= 15 is 0 Å². The van der Waals surface area contributed by atoms with E-state index in [0.29, 0.717) is 12.8 Å². The summed E-state index contributed by atoms with van der Waals surface area (Å²) in [6.07, 6.45) is 10.1. The van der Waals surface area contributed by atoms with Gasteiger partial charge in [0.1, 0.15) is 5.54 Å². The van der Waals surface area contributed by atoms with Crippen molar-refractivity contribution in [3.05, 3.63) is 25.0 Å². The smallest absolute Gasteiger partial charge is 0.413 e. The molecule has 0 aliphatic heterocycles. The molecule has 0 aromatic carbocycles. The van der Waals surface area contributed by atoms with E-state index in [1.54, 1.807) is 0 Å². The highest BCUT2D eigenvalue weighted by molar-refractivity contribution is 7.87. The number of methoxy groups -OCH3 is 1. The molecule has 0 aromatic heterocycles. The molecule has 2 N–H and O–H groups in total. The average Bonchev–Trinajstić information content (AvgIpc) is 3.50. The van der Waals surface area contributed by atoms with Crippen molar-refractivity contribution in [2.24, 2.45) is 5.92 Å². The van der Waals surface area contributed by atoms with Gasteiger partial charge in [-0.25, -0.2) is 9.52 Å². The third-order valence-corrected chi connectivity index (χ3v) is 7.46. The molecule has 11 heteroatoms. The van der Waals surface area contributed by atoms with Gasteiger partial charge in [0.25, 0.3) is 5.91 Å². The van der Waals surface area contributed by atoms with Gasteiger partial charge >= 0.3 is 22.3 Å². The Hall–Kier alpha value is -2.40. The van der Waals surface area contributed by atoms with Crippen molar-refractivity contribution in [2.45, 2.75) is 83.1 Å². The Balaban J connectivity index is 2.31. The van der Waals surface area contributed by atoms with Crippen LogP contribution in [0.2, 0.25) is 0 Å². The Bertz CT molecular complexity index is 859. The number of hydrogen-bond donors (Lipinski definition) is 2. The molecule has 1 rings (SSSR count). The van der Waals surface area contributed by atoms with Crippen LogP contribution in [0.4, 0.5) is 4.79 Å². The molecule has 1 aliphatic rings. The number of esters is 1. The number of nitrogens with zero attached hydrogens (tertiary/aromatic N) is 1. The SMILES string of the molecule is C=C[C@@H]1C[C@]1(NC(=O)OC(=C)C)C(=O)NS(=O)(=O)N(C)CCCCCCCCCCCC(=O)OC. The normalized spacial score (nSPS) is 19.0. The van der Waals surface area contributed by atoms with E-state index in [-0.39, 0.29) is 24.7 Å². The summed E-state index contributed by atoms with van der Waals surface area (Å²) in [5.41, 5.74) is -1.40. The lowest BCUT2D eigenvalue weighted by Crippen LogP contribution is -2.54. The number of carbonyl (C=O) groups is 3. The van der Waals surface area contributed by atoms with Gasteiger partial charge in [0.05, 0.1) is 12.9 Å². The Labute approximate surface area is 209 Å². The van der Waals surface area contributed by atoms with Gasteiger partial charge in [0.2, 0.25) is 0 Å². The molecule has 0 radical (unpaired) electrons. The summed E-state index contributed by atoms with van der Waals surface area (Å²) in [6.45, 7) is 8.86. The van der Waals surface area contributed by atoms with Gasteiger partial charge in [-0.3, -0.25) is 9.59 Å². The molecule has 2 amide bonds. The first-order valence-corrected chi connectivity index (χ1v) is 13.6. The molecule has 1 saturated carbocycles. The Morgan fingerprint density at radius 2 is 1.60 bits per heavy atom. The minimum absolute atomic E-state index is 0.150. The summed E-state index contributed by atoms with van der Waals surface area (Å²) in [6, 6.07) is 0. The van der Waals surface area contributed by atoms with Crippen molar-refractivity contribution in [2.75, 3.05) is 20.7 Å². The highest BCUT2D eigenvalue weighted by Gasteiger charge is 2.61. The van der Waals surface area contributed by atoms with Gasteiger partial charge in [0.15, 0.2) is 0 Å². The largest absolute Gasteiger partial charge is 0.469 e. The van der Waals surface area contributed by atoms with Crippen molar-refractivity contribution < 1.29 is 32.3 Å². The van der Waals surface area contributed by atoms with Crippen molar-refractivity contribution >= 4 is 28.2 Å². The fraction of sp³-hybridized carbons (Fsp3) is 0.708. The van der Waals surface area contributed by atoms with Crippen LogP contribution >= 0.6 is 0 Å². The number of unbranched alkanes of at least 4 members (excludes halogenated alkanes) is 8. The number of hydrogen-bond acceptors (Lipinski definition) is 7. The second-order valence-electron chi connectivity index (χ2n) is 9.00. The van der Waals surface area contributed by atoms with Crippen LogP contribution in [0.5, 0.6) is 0 Å². The average molecular weight is 516 g/mol. The predicted molar refractivity (Wildman–Crippen MR) is 133 cm³/mol. The van der Waals surface area contributed by atoms with Crippen LogP contribution in [0.15, 0.2) is 25.0 Å². The molecule has 200 valence electrons. The molecule has 1 aliphatic carbocycles. The van der Waals surface area contributed by atoms with Crippen LogP contribution in [0.1, 0.15) is 77.6 Å². The quantitative estimate of drug-likeness (QED) is 0.123. The van der Waals surface area contributed by atoms with E-state index < -0.39 is 33.7 Å². The second kappa shape index (κ2) is 14.9. The molecule has 0 bridgehead atoms. The fourth-order valence-corrected chi connectivity index (χ4v) is 4.69. The zero-order valence-electron chi connectivity index (χ0n) is 21.3. The van der Waals surface area contributed by atoms with E-state index in [2.05, 4.69) is 27.9 Å². The maximum Gasteiger partial charge on any atom is 0.413 e. The lowest BCUT2D eigenvalue weighted by Gasteiger charge is -2.22. The maximum absolute atomic E-state index is 12.7. The molecule has 1 fully saturated rings. The van der Waals surface area contributed by atoms with Gasteiger partial charge in [0, 0.05) is 25.9 Å². The molecule has 0 saturated heterocycles. The summed E-state index contributed by atoms with van der Waals surface area (Å²) >= 11 is 0. The van der Waals surface area contributed by atoms with Crippen molar-refractivity contribution in [3.63, 3.8) is 0 Å². The molecule has 2 atom stereocenters. The van der Waals surface area contributed by atoms with Crippen molar-refractivity contribution in [1.29, 1.82) is 0 Å². The number of carbonyl (C=O) groups excluding carboxylic acids is 3.